The van der Waals surface area contributed by atoms with Gasteiger partial charge in [-0.3, -0.25) is 0 Å². The molecule has 30 aliphatic rings. The summed E-state index contributed by atoms with van der Waals surface area (Å²) in [5, 5.41) is 179. The van der Waals surface area contributed by atoms with Gasteiger partial charge >= 0.3 is 0 Å². The Balaban J connectivity index is 0.975. The van der Waals surface area contributed by atoms with Gasteiger partial charge in [0.1, 0.15) is 249 Å². The van der Waals surface area contributed by atoms with Gasteiger partial charge in [0, 0.05) is 0 Å². The van der Waals surface area contributed by atoms with Crippen LogP contribution in [0.5, 0.6) is 0 Å². The lowest BCUT2D eigenvalue weighted by atomic mass is 9.95. The summed E-state index contributed by atoms with van der Waals surface area (Å²) in [6.45, 7) is -13.3. The molecule has 0 aromatic rings. The molecule has 30 rings (SSSR count). The van der Waals surface area contributed by atoms with Gasteiger partial charge in [0.2, 0.25) is 0 Å². The van der Waals surface area contributed by atoms with Crippen LogP contribution >= 0.6 is 0 Å². The number of hydrogen-bond acceptors (Lipinski definition) is 32. The van der Waals surface area contributed by atoms with Crippen molar-refractivity contribution < 1.29 is 193 Å². The zero-order valence-electron chi connectivity index (χ0n) is 45.5. The molecule has 0 saturated carbocycles. The average molecular weight is 1310 g/mol. The molecule has 30 heterocycles. The topological polar surface area (TPSA) is 471 Å². The smallest absolute Gasteiger partial charge is 0.187 e. The van der Waals surface area contributed by atoms with Gasteiger partial charge in [0.15, 0.2) is 50.3 Å². The van der Waals surface area contributed by atoms with Crippen LogP contribution < -0.4 is 0 Å². The van der Waals surface area contributed by atoms with Crippen LogP contribution in [0.2, 0.25) is 0 Å². The molecule has 0 amide bonds. The SMILES string of the molecule is O[C@@H]1[C@@H](O)[C@H]2O[C@H]3[C@H](O)[C@@H](O)[C@@H](O[C@H]4[C@H](O)[C@@H](O)[C@@H](O[C@H]5[C@H](O)[C@@H](O)[C@@H](O[C@H]6[C@H](O)[C@@H](O)[C@@H](O[C@H]7[C@H](O)[C@@H](O)[C@@H](O[C@H]8[C@H](O)[C@@H](O)[C@@H](O[C@H]9[C@H](O)[C@@H](O)[C@@H](O[C@@H]1[C@@H](CF)O2)O[C@@H]9CF)O[C@@H]8CF)O[C@@H]7CF)O[C@@H]6CF)O[C@@H]5CF)O[C@@H]4CF)O[C@@H]3CF. The van der Waals surface area contributed by atoms with E-state index in [1.165, 1.54) is 0 Å². The number of aliphatic hydroxyl groups excluding tert-OH is 16. The Morgan fingerprint density at radius 1 is 0.148 bits per heavy atom. The molecule has 88 heavy (non-hydrogen) atoms. The van der Waals surface area contributed by atoms with E-state index >= 15 is 0 Å². The van der Waals surface area contributed by atoms with Crippen LogP contribution in [0.3, 0.4) is 0 Å². The van der Waals surface area contributed by atoms with Crippen LogP contribution in [0, 0.1) is 0 Å². The molecule has 16 bridgehead atoms. The summed E-state index contributed by atoms with van der Waals surface area (Å²) in [5.74, 6) is 0. The monoisotopic (exact) mass is 1310 g/mol. The number of ether oxygens (including phenoxy) is 16. The van der Waals surface area contributed by atoms with Crippen LogP contribution in [0.4, 0.5) is 35.1 Å². The predicted molar refractivity (Wildman–Crippen MR) is 252 cm³/mol. The second-order valence-electron chi connectivity index (χ2n) is 22.2. The fourth-order valence-electron chi connectivity index (χ4n) is 11.7. The van der Waals surface area contributed by atoms with Crippen LogP contribution in [0.15, 0.2) is 0 Å². The third kappa shape index (κ3) is 13.7. The first-order chi connectivity index (χ1) is 41.9. The molecule has 30 saturated heterocycles. The first-order valence-electron chi connectivity index (χ1n) is 27.7. The lowest BCUT2D eigenvalue weighted by Crippen LogP contribution is -2.68. The van der Waals surface area contributed by atoms with Crippen LogP contribution in [0.1, 0.15) is 0 Å². The largest absolute Gasteiger partial charge is 0.387 e. The fraction of sp³-hybridized carbons (Fsp3) is 1.00. The summed E-state index contributed by atoms with van der Waals surface area (Å²) in [5.41, 5.74) is 0. The number of halogens is 8. The number of hydrogen-bond donors (Lipinski definition) is 16. The Hall–Kier alpha value is -1.84. The van der Waals surface area contributed by atoms with Crippen molar-refractivity contribution in [3.8, 4) is 0 Å². The molecular weight excluding hydrogens is 1240 g/mol. The van der Waals surface area contributed by atoms with Crippen molar-refractivity contribution in [2.45, 2.75) is 246 Å². The number of aliphatic hydroxyl groups is 16. The summed E-state index contributed by atoms with van der Waals surface area (Å²) in [6, 6.07) is 0. The Kier molecular flexibility index (Phi) is 23.9. The van der Waals surface area contributed by atoms with Crippen molar-refractivity contribution in [2.75, 3.05) is 53.4 Å². The standard InChI is InChI=1S/C48H72F8O32/c49-1-9-33-17(57)25(65)41(73-9)82-34-10(2-50)75-43(27(67)19(34)59)84-36-12(4-52)77-45(29(69)21(36)61)86-38-14(6-54)79-47(31(71)23(38)63)88-40-16(8-56)80-48(32(72)24(40)64)87-39-15(7-55)78-46(30(70)22(39)62)85-37-13(5-53)76-44(28(68)20(37)60)83-35-11(3-51)74-42(81-33)26(66)18(35)58/h9-48,57-72H,1-8H2/t9-,10-,11-,12-,13-,14-,15-,16-,17-,18-,19-,20-,21-,22-,23-,24-,25-,26-,27-,28-,29-,30-,31-,32-,33-,34-,35-,36-,37-,38-,39-,40-,41-,42-,43-,44-,45-,46-,47-,48-/m1/s1. The highest BCUT2D eigenvalue weighted by Gasteiger charge is 2.60. The van der Waals surface area contributed by atoms with Crippen molar-refractivity contribution in [1.29, 1.82) is 0 Å². The highest BCUT2D eigenvalue weighted by molar-refractivity contribution is 5.02. The van der Waals surface area contributed by atoms with Gasteiger partial charge in [-0.15, -0.1) is 0 Å². The second kappa shape index (κ2) is 29.8. The van der Waals surface area contributed by atoms with E-state index in [0.29, 0.717) is 0 Å². The van der Waals surface area contributed by atoms with E-state index in [4.69, 9.17) is 75.8 Å². The van der Waals surface area contributed by atoms with Crippen LogP contribution in [-0.4, -0.2) is 381 Å². The third-order valence-electron chi connectivity index (χ3n) is 16.7. The van der Waals surface area contributed by atoms with Gasteiger partial charge in [0.25, 0.3) is 0 Å². The van der Waals surface area contributed by atoms with Crippen LogP contribution in [-0.2, 0) is 75.8 Å². The second-order valence-corrected chi connectivity index (χ2v) is 22.2. The van der Waals surface area contributed by atoms with Gasteiger partial charge in [-0.2, -0.15) is 0 Å². The molecule has 0 unspecified atom stereocenters. The Morgan fingerprint density at radius 2 is 0.239 bits per heavy atom. The average Bonchev–Trinajstić information content (AvgIpc) is 1.09. The first kappa shape index (κ1) is 70.5. The Bertz CT molecular complexity index is 1730. The van der Waals surface area contributed by atoms with Crippen LogP contribution in [0.25, 0.3) is 0 Å². The molecule has 0 aromatic carbocycles. The Morgan fingerprint density at radius 3 is 0.318 bits per heavy atom. The first-order valence-corrected chi connectivity index (χ1v) is 27.7. The van der Waals surface area contributed by atoms with E-state index in [1.807, 2.05) is 0 Å². The minimum absolute atomic E-state index is 1.66. The predicted octanol–water partition coefficient (Wildman–Crippen LogP) is -9.59. The summed E-state index contributed by atoms with van der Waals surface area (Å²) < 4.78 is 206. The fourth-order valence-corrected chi connectivity index (χ4v) is 11.7. The minimum Gasteiger partial charge on any atom is -0.387 e. The van der Waals surface area contributed by atoms with Gasteiger partial charge in [-0.1, -0.05) is 0 Å². The van der Waals surface area contributed by atoms with E-state index in [9.17, 15) is 117 Å². The molecule has 0 spiro atoms. The summed E-state index contributed by atoms with van der Waals surface area (Å²) in [4.78, 5) is 0. The van der Waals surface area contributed by atoms with Gasteiger partial charge in [-0.05, 0) is 0 Å². The van der Waals surface area contributed by atoms with E-state index in [-0.39, 0.29) is 0 Å². The number of alkyl halides is 8. The van der Waals surface area contributed by atoms with E-state index in [0.717, 1.165) is 0 Å². The molecule has 32 nitrogen and oxygen atoms in total. The van der Waals surface area contributed by atoms with Crippen molar-refractivity contribution in [2.24, 2.45) is 0 Å². The minimum atomic E-state index is -2.41. The third-order valence-corrected chi connectivity index (χ3v) is 16.7. The molecule has 0 radical (unpaired) electrons. The maximum absolute atomic E-state index is 14.8. The summed E-state index contributed by atoms with van der Waals surface area (Å²) in [6.07, 6.45) is -90.7. The van der Waals surface area contributed by atoms with Gasteiger partial charge in [-0.25, -0.2) is 35.1 Å². The quantitative estimate of drug-likeness (QED) is 0.100. The van der Waals surface area contributed by atoms with Crippen molar-refractivity contribution in [3.05, 3.63) is 0 Å². The Labute approximate surface area is 491 Å². The van der Waals surface area contributed by atoms with Crippen molar-refractivity contribution in [1.82, 2.24) is 0 Å². The zero-order valence-corrected chi connectivity index (χ0v) is 45.5. The lowest BCUT2D eigenvalue weighted by molar-refractivity contribution is -0.402. The molecule has 30 aliphatic heterocycles. The van der Waals surface area contributed by atoms with E-state index in [2.05, 4.69) is 0 Å². The molecule has 40 atom stereocenters. The van der Waals surface area contributed by atoms with E-state index in [1.54, 1.807) is 0 Å². The normalized spacial score (nSPS) is 55.4. The molecule has 512 valence electrons. The zero-order chi connectivity index (χ0) is 64.1. The molecule has 0 aromatic heterocycles. The molecular formula is C48H72F8O32. The molecule has 0 aliphatic carbocycles. The van der Waals surface area contributed by atoms with E-state index < -0.39 is 299 Å². The van der Waals surface area contributed by atoms with Gasteiger partial charge in [0.05, 0.1) is 0 Å². The summed E-state index contributed by atoms with van der Waals surface area (Å²) >= 11 is 0. The highest BCUT2D eigenvalue weighted by atomic mass is 19.2. The van der Waals surface area contributed by atoms with Crippen molar-refractivity contribution in [3.63, 3.8) is 0 Å². The maximum atomic E-state index is 14.8. The molecule has 16 N–H and O–H groups in total. The summed E-state index contributed by atoms with van der Waals surface area (Å²) in [7, 11) is 0. The lowest BCUT2D eigenvalue weighted by Gasteiger charge is -2.50. The number of rotatable bonds is 8. The van der Waals surface area contributed by atoms with Crippen molar-refractivity contribution >= 4 is 0 Å². The van der Waals surface area contributed by atoms with Gasteiger partial charge < -0.3 is 157 Å². The molecule has 40 heteroatoms. The maximum Gasteiger partial charge on any atom is 0.187 e. The highest BCUT2D eigenvalue weighted by Crippen LogP contribution is 2.40. The molecule has 30 fully saturated rings.